The summed E-state index contributed by atoms with van der Waals surface area (Å²) in [6.07, 6.45) is 0.447. The quantitative estimate of drug-likeness (QED) is 0.811. The van der Waals surface area contributed by atoms with E-state index in [4.69, 9.17) is 0 Å². The number of rotatable bonds is 6. The van der Waals surface area contributed by atoms with E-state index in [-0.39, 0.29) is 6.10 Å². The van der Waals surface area contributed by atoms with Crippen LogP contribution in [0.1, 0.15) is 36.9 Å². The molecule has 0 aliphatic heterocycles. The van der Waals surface area contributed by atoms with E-state index in [0.29, 0.717) is 0 Å². The highest BCUT2D eigenvalue weighted by Gasteiger charge is 2.13. The molecule has 1 aromatic heterocycles. The normalized spacial score (nSPS) is 13.4. The number of aliphatic hydroxyl groups excluding tert-OH is 1. The Morgan fingerprint density at radius 3 is 2.60 bits per heavy atom. The van der Waals surface area contributed by atoms with Crippen LogP contribution in [0, 0.1) is 6.92 Å². The second-order valence-corrected chi connectivity index (χ2v) is 4.52. The molecule has 0 saturated heterocycles. The lowest BCUT2D eigenvalue weighted by molar-refractivity contribution is 0.147. The van der Waals surface area contributed by atoms with Crippen molar-refractivity contribution in [1.82, 2.24) is 9.88 Å². The van der Waals surface area contributed by atoms with Gasteiger partial charge in [0, 0.05) is 6.54 Å². The van der Waals surface area contributed by atoms with Crippen molar-refractivity contribution in [3.05, 3.63) is 16.1 Å². The molecule has 1 rings (SSSR count). The molecule has 1 atom stereocenters. The first-order valence-corrected chi connectivity index (χ1v) is 6.37. The number of thiazole rings is 1. The third-order valence-corrected chi connectivity index (χ3v) is 3.73. The van der Waals surface area contributed by atoms with Crippen LogP contribution in [-0.4, -0.2) is 34.6 Å². The Bertz CT molecular complexity index is 284. The van der Waals surface area contributed by atoms with E-state index in [1.807, 2.05) is 6.92 Å². The van der Waals surface area contributed by atoms with Crippen molar-refractivity contribution in [2.75, 3.05) is 19.6 Å². The van der Waals surface area contributed by atoms with Gasteiger partial charge in [-0.25, -0.2) is 4.98 Å². The molecule has 4 heteroatoms. The van der Waals surface area contributed by atoms with Crippen molar-refractivity contribution < 1.29 is 5.11 Å². The molecule has 15 heavy (non-hydrogen) atoms. The fourth-order valence-electron chi connectivity index (χ4n) is 1.61. The fourth-order valence-corrected chi connectivity index (χ4v) is 2.43. The molecule has 1 unspecified atom stereocenters. The number of aliphatic hydroxyl groups is 1. The monoisotopic (exact) mass is 228 g/mol. The predicted octanol–water partition coefficient (Wildman–Crippen LogP) is 2.22. The van der Waals surface area contributed by atoms with Crippen LogP contribution in [0.25, 0.3) is 0 Å². The van der Waals surface area contributed by atoms with Gasteiger partial charge in [0.15, 0.2) is 0 Å². The molecule has 0 fully saturated rings. The van der Waals surface area contributed by atoms with Gasteiger partial charge in [-0.3, -0.25) is 0 Å². The van der Waals surface area contributed by atoms with Crippen LogP contribution in [0.15, 0.2) is 5.51 Å². The van der Waals surface area contributed by atoms with Crippen molar-refractivity contribution in [2.45, 2.75) is 33.3 Å². The van der Waals surface area contributed by atoms with Gasteiger partial charge >= 0.3 is 0 Å². The van der Waals surface area contributed by atoms with Crippen LogP contribution in [-0.2, 0) is 0 Å². The molecule has 0 saturated carbocycles. The summed E-state index contributed by atoms with van der Waals surface area (Å²) >= 11 is 1.54. The molecule has 0 aromatic carbocycles. The van der Waals surface area contributed by atoms with Gasteiger partial charge < -0.3 is 10.0 Å². The second-order valence-electron chi connectivity index (χ2n) is 3.63. The number of aromatic nitrogens is 1. The van der Waals surface area contributed by atoms with Crippen LogP contribution in [0.3, 0.4) is 0 Å². The molecule has 0 aliphatic rings. The molecule has 3 nitrogen and oxygen atoms in total. The molecule has 1 aromatic rings. The summed E-state index contributed by atoms with van der Waals surface area (Å²) in [6, 6.07) is 0. The van der Waals surface area contributed by atoms with E-state index in [0.717, 1.165) is 36.6 Å². The maximum absolute atomic E-state index is 9.97. The number of hydrogen-bond donors (Lipinski definition) is 1. The average molecular weight is 228 g/mol. The highest BCUT2D eigenvalue weighted by atomic mass is 32.1. The molecule has 1 heterocycles. The molecule has 0 bridgehead atoms. The van der Waals surface area contributed by atoms with Crippen LogP contribution in [0.5, 0.6) is 0 Å². The minimum atomic E-state index is -0.349. The topological polar surface area (TPSA) is 36.4 Å². The maximum atomic E-state index is 9.97. The SMILES string of the molecule is CCN(CC)CCC(O)c1scnc1C. The van der Waals surface area contributed by atoms with Gasteiger partial charge in [-0.2, -0.15) is 0 Å². The van der Waals surface area contributed by atoms with Crippen molar-refractivity contribution in [3.63, 3.8) is 0 Å². The smallest absolute Gasteiger partial charge is 0.0912 e. The highest BCUT2D eigenvalue weighted by molar-refractivity contribution is 7.09. The maximum Gasteiger partial charge on any atom is 0.0912 e. The summed E-state index contributed by atoms with van der Waals surface area (Å²) in [6.45, 7) is 9.29. The van der Waals surface area contributed by atoms with Gasteiger partial charge in [0.1, 0.15) is 0 Å². The fraction of sp³-hybridized carbons (Fsp3) is 0.727. The van der Waals surface area contributed by atoms with Gasteiger partial charge in [-0.1, -0.05) is 13.8 Å². The zero-order valence-corrected chi connectivity index (χ0v) is 10.5. The van der Waals surface area contributed by atoms with Crippen molar-refractivity contribution >= 4 is 11.3 Å². The van der Waals surface area contributed by atoms with Crippen LogP contribution < -0.4 is 0 Å². The average Bonchev–Trinajstić information content (AvgIpc) is 2.66. The number of hydrogen-bond acceptors (Lipinski definition) is 4. The summed E-state index contributed by atoms with van der Waals surface area (Å²) in [7, 11) is 0. The minimum absolute atomic E-state index is 0.349. The molecule has 0 amide bonds. The van der Waals surface area contributed by atoms with Crippen LogP contribution in [0.2, 0.25) is 0 Å². The lowest BCUT2D eigenvalue weighted by Gasteiger charge is -2.19. The summed E-state index contributed by atoms with van der Waals surface area (Å²) in [5, 5.41) is 9.97. The van der Waals surface area contributed by atoms with Gasteiger partial charge in [-0.15, -0.1) is 11.3 Å². The van der Waals surface area contributed by atoms with Gasteiger partial charge in [0.25, 0.3) is 0 Å². The summed E-state index contributed by atoms with van der Waals surface area (Å²) in [4.78, 5) is 7.48. The lowest BCUT2D eigenvalue weighted by atomic mass is 10.2. The molecule has 0 radical (unpaired) electrons. The van der Waals surface area contributed by atoms with E-state index in [2.05, 4.69) is 23.7 Å². The lowest BCUT2D eigenvalue weighted by Crippen LogP contribution is -2.25. The van der Waals surface area contributed by atoms with E-state index < -0.39 is 0 Å². The third kappa shape index (κ3) is 3.55. The highest BCUT2D eigenvalue weighted by Crippen LogP contribution is 2.24. The van der Waals surface area contributed by atoms with E-state index >= 15 is 0 Å². The summed E-state index contributed by atoms with van der Waals surface area (Å²) in [5.41, 5.74) is 2.76. The Morgan fingerprint density at radius 2 is 2.13 bits per heavy atom. The van der Waals surface area contributed by atoms with Crippen molar-refractivity contribution in [3.8, 4) is 0 Å². The molecular weight excluding hydrogens is 208 g/mol. The largest absolute Gasteiger partial charge is 0.387 e. The summed E-state index contributed by atoms with van der Waals surface area (Å²) < 4.78 is 0. The first-order valence-electron chi connectivity index (χ1n) is 5.49. The Morgan fingerprint density at radius 1 is 1.47 bits per heavy atom. The van der Waals surface area contributed by atoms with Crippen molar-refractivity contribution in [2.24, 2.45) is 0 Å². The van der Waals surface area contributed by atoms with Gasteiger partial charge in [0.2, 0.25) is 0 Å². The zero-order valence-electron chi connectivity index (χ0n) is 9.73. The van der Waals surface area contributed by atoms with Crippen molar-refractivity contribution in [1.29, 1.82) is 0 Å². The second kappa shape index (κ2) is 6.20. The third-order valence-electron chi connectivity index (χ3n) is 2.70. The molecule has 0 spiro atoms. The molecule has 86 valence electrons. The molecular formula is C11H20N2OS. The molecule has 0 aliphatic carbocycles. The van der Waals surface area contributed by atoms with Gasteiger partial charge in [-0.05, 0) is 26.4 Å². The standard InChI is InChI=1S/C11H20N2OS/c1-4-13(5-2)7-6-10(14)11-9(3)12-8-15-11/h8,10,14H,4-7H2,1-3H3. The Kier molecular flexibility index (Phi) is 5.22. The Balaban J connectivity index is 2.42. The first kappa shape index (κ1) is 12.6. The Hall–Kier alpha value is -0.450. The number of nitrogens with zero attached hydrogens (tertiary/aromatic N) is 2. The Labute approximate surface area is 95.8 Å². The van der Waals surface area contributed by atoms with Gasteiger partial charge in [0.05, 0.1) is 22.2 Å². The van der Waals surface area contributed by atoms with Crippen LogP contribution >= 0.6 is 11.3 Å². The number of aryl methyl sites for hydroxylation is 1. The molecule has 1 N–H and O–H groups in total. The van der Waals surface area contributed by atoms with E-state index in [1.54, 1.807) is 16.8 Å². The van der Waals surface area contributed by atoms with Crippen LogP contribution in [0.4, 0.5) is 0 Å². The minimum Gasteiger partial charge on any atom is -0.387 e. The van der Waals surface area contributed by atoms with E-state index in [9.17, 15) is 5.11 Å². The predicted molar refractivity (Wildman–Crippen MR) is 64.2 cm³/mol. The summed E-state index contributed by atoms with van der Waals surface area (Å²) in [5.74, 6) is 0. The first-order chi connectivity index (χ1) is 7.19. The zero-order chi connectivity index (χ0) is 11.3. The van der Waals surface area contributed by atoms with E-state index in [1.165, 1.54) is 0 Å².